The first-order valence-electron chi connectivity index (χ1n) is 7.04. The van der Waals surface area contributed by atoms with Gasteiger partial charge in [-0.15, -0.1) is 12.4 Å². The van der Waals surface area contributed by atoms with Crippen LogP contribution in [0.25, 0.3) is 0 Å². The summed E-state index contributed by atoms with van der Waals surface area (Å²) in [6.45, 7) is 1.33. The minimum absolute atomic E-state index is 0. The predicted octanol–water partition coefficient (Wildman–Crippen LogP) is 1.55. The molecule has 0 spiro atoms. The molecule has 1 aromatic carbocycles. The average Bonchev–Trinajstić information content (AvgIpc) is 2.47. The van der Waals surface area contributed by atoms with Crippen LogP contribution in [0, 0.1) is 0 Å². The molecule has 1 aliphatic rings. The third-order valence-corrected chi connectivity index (χ3v) is 3.78. The highest BCUT2D eigenvalue weighted by atomic mass is 35.5. The molecule has 5 nitrogen and oxygen atoms in total. The monoisotopic (exact) mass is 311 g/mol. The van der Waals surface area contributed by atoms with Gasteiger partial charge in [-0.25, -0.2) is 0 Å². The van der Waals surface area contributed by atoms with Crippen molar-refractivity contribution in [1.29, 1.82) is 0 Å². The molecule has 1 fully saturated rings. The highest BCUT2D eigenvalue weighted by molar-refractivity contribution is 5.99. The van der Waals surface area contributed by atoms with E-state index in [4.69, 9.17) is 11.5 Å². The van der Waals surface area contributed by atoms with Gasteiger partial charge in [0.1, 0.15) is 0 Å². The van der Waals surface area contributed by atoms with Crippen LogP contribution in [0.5, 0.6) is 0 Å². The van der Waals surface area contributed by atoms with Crippen LogP contribution in [0.15, 0.2) is 24.3 Å². The molecule has 1 aliphatic heterocycles. The normalized spacial score (nSPS) is 18.0. The molecule has 116 valence electrons. The summed E-state index contributed by atoms with van der Waals surface area (Å²) in [5.41, 5.74) is 11.8. The van der Waals surface area contributed by atoms with E-state index in [1.165, 1.54) is 0 Å². The van der Waals surface area contributed by atoms with Gasteiger partial charge in [0.2, 0.25) is 5.91 Å². The molecule has 0 aliphatic carbocycles. The molecular weight excluding hydrogens is 290 g/mol. The lowest BCUT2D eigenvalue weighted by Crippen LogP contribution is -2.44. The number of hydrogen-bond acceptors (Lipinski definition) is 3. The van der Waals surface area contributed by atoms with E-state index < -0.39 is 5.91 Å². The fourth-order valence-electron chi connectivity index (χ4n) is 2.73. The topological polar surface area (TPSA) is 89.4 Å². The first-order valence-corrected chi connectivity index (χ1v) is 7.04. The molecule has 1 atom stereocenters. The van der Waals surface area contributed by atoms with Crippen molar-refractivity contribution in [3.63, 3.8) is 0 Å². The van der Waals surface area contributed by atoms with E-state index in [2.05, 4.69) is 0 Å². The lowest BCUT2D eigenvalue weighted by atomic mass is 9.98. The summed E-state index contributed by atoms with van der Waals surface area (Å²) < 4.78 is 0. The van der Waals surface area contributed by atoms with Gasteiger partial charge in [-0.2, -0.15) is 0 Å². The molecule has 0 bridgehead atoms. The Kier molecular flexibility index (Phi) is 6.65. The maximum Gasteiger partial charge on any atom is 0.254 e. The average molecular weight is 312 g/mol. The number of carbonyl (C=O) groups excluding carboxylic acids is 2. The molecular formula is C15H22ClN3O2. The summed E-state index contributed by atoms with van der Waals surface area (Å²) in [6.07, 6.45) is 3.97. The summed E-state index contributed by atoms with van der Waals surface area (Å²) in [7, 11) is 0. The summed E-state index contributed by atoms with van der Waals surface area (Å²) in [5.74, 6) is -0.553. The Morgan fingerprint density at radius 3 is 2.62 bits per heavy atom. The fourth-order valence-corrected chi connectivity index (χ4v) is 2.73. The van der Waals surface area contributed by atoms with Crippen molar-refractivity contribution in [2.45, 2.75) is 31.7 Å². The summed E-state index contributed by atoms with van der Waals surface area (Å²) in [4.78, 5) is 25.7. The molecule has 1 saturated heterocycles. The summed E-state index contributed by atoms with van der Waals surface area (Å²) in [5, 5.41) is 0. The molecule has 1 aromatic rings. The summed E-state index contributed by atoms with van der Waals surface area (Å²) in [6, 6.07) is 6.81. The quantitative estimate of drug-likeness (QED) is 0.884. The van der Waals surface area contributed by atoms with Crippen molar-refractivity contribution >= 4 is 24.2 Å². The molecule has 2 amide bonds. The third kappa shape index (κ3) is 4.19. The second-order valence-corrected chi connectivity index (χ2v) is 5.17. The van der Waals surface area contributed by atoms with Crippen LogP contribution in [-0.2, 0) is 0 Å². The molecule has 0 saturated carbocycles. The van der Waals surface area contributed by atoms with Gasteiger partial charge in [0, 0.05) is 23.7 Å². The molecule has 4 N–H and O–H groups in total. The predicted molar refractivity (Wildman–Crippen MR) is 84.6 cm³/mol. The maximum absolute atomic E-state index is 12.6. The van der Waals surface area contributed by atoms with E-state index in [1.807, 2.05) is 4.90 Å². The molecule has 1 unspecified atom stereocenters. The van der Waals surface area contributed by atoms with Crippen molar-refractivity contribution in [2.75, 3.05) is 13.1 Å². The zero-order valence-corrected chi connectivity index (χ0v) is 12.8. The number of likely N-dealkylation sites (tertiary alicyclic amines) is 1. The lowest BCUT2D eigenvalue weighted by Gasteiger charge is -2.35. The van der Waals surface area contributed by atoms with Crippen LogP contribution < -0.4 is 11.5 Å². The van der Waals surface area contributed by atoms with Crippen LogP contribution in [0.2, 0.25) is 0 Å². The van der Waals surface area contributed by atoms with E-state index >= 15 is 0 Å². The number of amides is 2. The van der Waals surface area contributed by atoms with E-state index in [9.17, 15) is 9.59 Å². The number of piperidine rings is 1. The molecule has 1 heterocycles. The number of nitrogens with two attached hydrogens (primary N) is 2. The summed E-state index contributed by atoms with van der Waals surface area (Å²) >= 11 is 0. The number of benzene rings is 1. The molecule has 6 heteroatoms. The first-order chi connectivity index (χ1) is 9.63. The zero-order valence-electron chi connectivity index (χ0n) is 12.0. The smallest absolute Gasteiger partial charge is 0.254 e. The lowest BCUT2D eigenvalue weighted by molar-refractivity contribution is 0.0605. The van der Waals surface area contributed by atoms with Crippen LogP contribution >= 0.6 is 12.4 Å². The van der Waals surface area contributed by atoms with Crippen molar-refractivity contribution in [2.24, 2.45) is 11.5 Å². The second kappa shape index (κ2) is 8.00. The molecule has 21 heavy (non-hydrogen) atoms. The van der Waals surface area contributed by atoms with E-state index in [0.717, 1.165) is 32.2 Å². The van der Waals surface area contributed by atoms with Gasteiger partial charge < -0.3 is 16.4 Å². The van der Waals surface area contributed by atoms with E-state index in [1.54, 1.807) is 24.3 Å². The van der Waals surface area contributed by atoms with Gasteiger partial charge >= 0.3 is 0 Å². The van der Waals surface area contributed by atoms with Crippen molar-refractivity contribution in [3.8, 4) is 0 Å². The number of hydrogen-bond donors (Lipinski definition) is 2. The Labute approximate surface area is 131 Å². The number of rotatable bonds is 4. The van der Waals surface area contributed by atoms with E-state index in [-0.39, 0.29) is 24.4 Å². The van der Waals surface area contributed by atoms with Crippen LogP contribution in [0.4, 0.5) is 0 Å². The van der Waals surface area contributed by atoms with Gasteiger partial charge in [-0.1, -0.05) is 6.07 Å². The standard InChI is InChI=1S/C15H21N3O2.ClH/c16-8-7-13-6-1-2-9-18(13)15(20)12-5-3-4-11(10-12)14(17)19;/h3-5,10,13H,1-2,6-9,16H2,(H2,17,19);1H. The largest absolute Gasteiger partial charge is 0.366 e. The van der Waals surface area contributed by atoms with Gasteiger partial charge in [0.25, 0.3) is 5.91 Å². The minimum Gasteiger partial charge on any atom is -0.366 e. The number of primary amides is 1. The Morgan fingerprint density at radius 1 is 1.24 bits per heavy atom. The second-order valence-electron chi connectivity index (χ2n) is 5.17. The van der Waals surface area contributed by atoms with Crippen LogP contribution in [-0.4, -0.2) is 35.8 Å². The fraction of sp³-hybridized carbons (Fsp3) is 0.467. The van der Waals surface area contributed by atoms with Gasteiger partial charge in [0.05, 0.1) is 0 Å². The van der Waals surface area contributed by atoms with Crippen molar-refractivity contribution in [1.82, 2.24) is 4.90 Å². The van der Waals surface area contributed by atoms with Crippen LogP contribution in [0.3, 0.4) is 0 Å². The first kappa shape index (κ1) is 17.5. The van der Waals surface area contributed by atoms with Crippen molar-refractivity contribution < 1.29 is 9.59 Å². The maximum atomic E-state index is 12.6. The van der Waals surface area contributed by atoms with Crippen molar-refractivity contribution in [3.05, 3.63) is 35.4 Å². The third-order valence-electron chi connectivity index (χ3n) is 3.78. The highest BCUT2D eigenvalue weighted by Crippen LogP contribution is 2.22. The Morgan fingerprint density at radius 2 is 1.95 bits per heavy atom. The number of nitrogens with zero attached hydrogens (tertiary/aromatic N) is 1. The molecule has 2 rings (SSSR count). The SMILES string of the molecule is Cl.NCCC1CCCCN1C(=O)c1cccc(C(N)=O)c1. The number of halogens is 1. The van der Waals surface area contributed by atoms with Gasteiger partial charge in [0.15, 0.2) is 0 Å². The van der Waals surface area contributed by atoms with Crippen LogP contribution in [0.1, 0.15) is 46.4 Å². The van der Waals surface area contributed by atoms with Gasteiger partial charge in [-0.05, 0) is 50.4 Å². The molecule has 0 aromatic heterocycles. The molecule has 0 radical (unpaired) electrons. The zero-order chi connectivity index (χ0) is 14.5. The minimum atomic E-state index is -0.517. The highest BCUT2D eigenvalue weighted by Gasteiger charge is 2.27. The Hall–Kier alpha value is -1.59. The van der Waals surface area contributed by atoms with E-state index in [0.29, 0.717) is 17.7 Å². The Balaban J connectivity index is 0.00000220. The van der Waals surface area contributed by atoms with Gasteiger partial charge in [-0.3, -0.25) is 9.59 Å². The number of carbonyl (C=O) groups is 2. The Bertz CT molecular complexity index is 505.